The molecule has 10 nitrogen and oxygen atoms in total. The highest BCUT2D eigenvalue weighted by molar-refractivity contribution is 7.15. The van der Waals surface area contributed by atoms with E-state index >= 15 is 0 Å². The molecule has 0 aliphatic carbocycles. The molecular weight excluding hydrogens is 458 g/mol. The summed E-state index contributed by atoms with van der Waals surface area (Å²) >= 11 is 1.25. The van der Waals surface area contributed by atoms with Crippen LogP contribution >= 0.6 is 11.3 Å². The first-order chi connectivity index (χ1) is 16.4. The molecule has 34 heavy (non-hydrogen) atoms. The van der Waals surface area contributed by atoms with Gasteiger partial charge < -0.3 is 9.47 Å². The third kappa shape index (κ3) is 6.36. The van der Waals surface area contributed by atoms with Crippen LogP contribution in [-0.2, 0) is 17.6 Å². The van der Waals surface area contributed by atoms with E-state index in [4.69, 9.17) is 9.47 Å². The SMILES string of the molecule is CCc1nnc(NC(=O)C(C#N)=Cc2ccc(OCCc3ccc([N+](=O)[O-])cc3)c(OC)c2)s1. The van der Waals surface area contributed by atoms with Crippen LogP contribution < -0.4 is 14.8 Å². The lowest BCUT2D eigenvalue weighted by atomic mass is 10.1. The Bertz CT molecular complexity index is 1250. The first kappa shape index (κ1) is 24.3. The Morgan fingerprint density at radius 2 is 2.00 bits per heavy atom. The van der Waals surface area contributed by atoms with E-state index in [-0.39, 0.29) is 11.3 Å². The number of methoxy groups -OCH3 is 1. The fourth-order valence-corrected chi connectivity index (χ4v) is 3.56. The fourth-order valence-electron chi connectivity index (χ4n) is 2.88. The third-order valence-electron chi connectivity index (χ3n) is 4.65. The number of ether oxygens (including phenoxy) is 2. The average molecular weight is 480 g/mol. The third-order valence-corrected chi connectivity index (χ3v) is 5.63. The zero-order valence-electron chi connectivity index (χ0n) is 18.5. The largest absolute Gasteiger partial charge is 0.493 e. The summed E-state index contributed by atoms with van der Waals surface area (Å²) in [7, 11) is 1.49. The molecule has 1 amide bonds. The van der Waals surface area contributed by atoms with Gasteiger partial charge >= 0.3 is 0 Å². The van der Waals surface area contributed by atoms with Crippen molar-refractivity contribution in [2.75, 3.05) is 19.0 Å². The molecule has 3 aromatic rings. The monoisotopic (exact) mass is 479 g/mol. The maximum Gasteiger partial charge on any atom is 0.269 e. The molecule has 3 rings (SSSR count). The van der Waals surface area contributed by atoms with Crippen LogP contribution in [-0.4, -0.2) is 34.7 Å². The molecule has 0 aliphatic heterocycles. The molecular formula is C23H21N5O5S. The predicted molar refractivity (Wildman–Crippen MR) is 127 cm³/mol. The normalized spacial score (nSPS) is 10.9. The number of nitro groups is 1. The van der Waals surface area contributed by atoms with E-state index in [0.717, 1.165) is 10.6 Å². The number of benzene rings is 2. The van der Waals surface area contributed by atoms with Gasteiger partial charge in [-0.1, -0.05) is 36.5 Å². The van der Waals surface area contributed by atoms with Crippen LogP contribution in [0.1, 0.15) is 23.1 Å². The Balaban J connectivity index is 1.65. The van der Waals surface area contributed by atoms with Gasteiger partial charge in [-0.05, 0) is 35.8 Å². The average Bonchev–Trinajstić information content (AvgIpc) is 3.30. The highest BCUT2D eigenvalue weighted by Crippen LogP contribution is 2.29. The topological polar surface area (TPSA) is 140 Å². The number of anilines is 1. The van der Waals surface area contributed by atoms with Gasteiger partial charge in [-0.2, -0.15) is 5.26 Å². The molecule has 0 spiro atoms. The second-order valence-electron chi connectivity index (χ2n) is 6.91. The van der Waals surface area contributed by atoms with Gasteiger partial charge in [0.05, 0.1) is 18.6 Å². The number of non-ortho nitro benzene ring substituents is 1. The molecule has 1 N–H and O–H groups in total. The van der Waals surface area contributed by atoms with E-state index < -0.39 is 10.8 Å². The Kier molecular flexibility index (Phi) is 8.26. The van der Waals surface area contributed by atoms with E-state index in [1.165, 1.54) is 36.7 Å². The molecule has 1 heterocycles. The van der Waals surface area contributed by atoms with Gasteiger partial charge in [0.2, 0.25) is 5.13 Å². The van der Waals surface area contributed by atoms with E-state index in [2.05, 4.69) is 15.5 Å². The summed E-state index contributed by atoms with van der Waals surface area (Å²) < 4.78 is 11.2. The molecule has 1 aromatic heterocycles. The van der Waals surface area contributed by atoms with Crippen molar-refractivity contribution in [2.24, 2.45) is 0 Å². The van der Waals surface area contributed by atoms with Crippen LogP contribution in [0.3, 0.4) is 0 Å². The highest BCUT2D eigenvalue weighted by atomic mass is 32.1. The van der Waals surface area contributed by atoms with Crippen molar-refractivity contribution in [1.29, 1.82) is 5.26 Å². The van der Waals surface area contributed by atoms with Crippen molar-refractivity contribution in [3.05, 3.63) is 74.3 Å². The number of nitrogens with one attached hydrogen (secondary N) is 1. The Labute approximate surface area is 199 Å². The maximum absolute atomic E-state index is 12.4. The summed E-state index contributed by atoms with van der Waals surface area (Å²) in [5.41, 5.74) is 1.42. The quantitative estimate of drug-likeness (QED) is 0.198. The molecule has 2 aromatic carbocycles. The minimum atomic E-state index is -0.580. The molecule has 0 atom stereocenters. The number of carbonyl (C=O) groups excluding carboxylic acids is 1. The minimum Gasteiger partial charge on any atom is -0.493 e. The zero-order chi connectivity index (χ0) is 24.5. The number of amides is 1. The van der Waals surface area contributed by atoms with Crippen molar-refractivity contribution in [1.82, 2.24) is 10.2 Å². The Hall–Kier alpha value is -4.30. The van der Waals surface area contributed by atoms with Crippen LogP contribution in [0.5, 0.6) is 11.5 Å². The first-order valence-electron chi connectivity index (χ1n) is 10.2. The van der Waals surface area contributed by atoms with Crippen LogP contribution in [0.25, 0.3) is 6.08 Å². The number of aromatic nitrogens is 2. The summed E-state index contributed by atoms with van der Waals surface area (Å²) in [6.45, 7) is 2.26. The molecule has 0 bridgehead atoms. The van der Waals surface area contributed by atoms with Crippen LogP contribution in [0.2, 0.25) is 0 Å². The fraction of sp³-hybridized carbons (Fsp3) is 0.217. The number of nitrogens with zero attached hydrogens (tertiary/aromatic N) is 4. The molecule has 0 saturated heterocycles. The summed E-state index contributed by atoms with van der Waals surface area (Å²) in [6, 6.07) is 13.2. The van der Waals surface area contributed by atoms with Crippen molar-refractivity contribution in [3.8, 4) is 17.6 Å². The van der Waals surface area contributed by atoms with Crippen molar-refractivity contribution in [3.63, 3.8) is 0 Å². The first-order valence-corrected chi connectivity index (χ1v) is 11.0. The van der Waals surface area contributed by atoms with Gasteiger partial charge in [0.25, 0.3) is 11.6 Å². The highest BCUT2D eigenvalue weighted by Gasteiger charge is 2.14. The number of hydrogen-bond donors (Lipinski definition) is 1. The van der Waals surface area contributed by atoms with Gasteiger partial charge in [0.1, 0.15) is 16.6 Å². The van der Waals surface area contributed by atoms with Gasteiger partial charge in [0.15, 0.2) is 11.5 Å². The van der Waals surface area contributed by atoms with Gasteiger partial charge in [-0.25, -0.2) is 0 Å². The smallest absolute Gasteiger partial charge is 0.269 e. The number of rotatable bonds is 10. The molecule has 0 unspecified atom stereocenters. The molecule has 0 radical (unpaired) electrons. The van der Waals surface area contributed by atoms with E-state index in [1.807, 2.05) is 13.0 Å². The van der Waals surface area contributed by atoms with Crippen LogP contribution in [0.4, 0.5) is 10.8 Å². The van der Waals surface area contributed by atoms with Gasteiger partial charge in [-0.15, -0.1) is 10.2 Å². The molecule has 0 fully saturated rings. The number of carbonyl (C=O) groups is 1. The summed E-state index contributed by atoms with van der Waals surface area (Å²) in [4.78, 5) is 22.7. The second kappa shape index (κ2) is 11.5. The molecule has 174 valence electrons. The van der Waals surface area contributed by atoms with Crippen LogP contribution in [0.15, 0.2) is 48.0 Å². The Morgan fingerprint density at radius 3 is 2.62 bits per heavy atom. The summed E-state index contributed by atoms with van der Waals surface area (Å²) in [5, 5.41) is 31.7. The number of nitriles is 1. The van der Waals surface area contributed by atoms with Crippen molar-refractivity contribution < 1.29 is 19.2 Å². The predicted octanol–water partition coefficient (Wildman–Crippen LogP) is 4.18. The number of nitro benzene ring substituents is 1. The lowest BCUT2D eigenvalue weighted by Crippen LogP contribution is -2.13. The van der Waals surface area contributed by atoms with Crippen LogP contribution in [0, 0.1) is 21.4 Å². The lowest BCUT2D eigenvalue weighted by molar-refractivity contribution is -0.384. The minimum absolute atomic E-state index is 0.0365. The molecule has 0 aliphatic rings. The van der Waals surface area contributed by atoms with E-state index in [0.29, 0.717) is 41.6 Å². The van der Waals surface area contributed by atoms with E-state index in [1.54, 1.807) is 30.3 Å². The molecule has 0 saturated carbocycles. The number of aryl methyl sites for hydroxylation is 1. The molecule has 11 heteroatoms. The van der Waals surface area contributed by atoms with Crippen molar-refractivity contribution >= 4 is 34.1 Å². The lowest BCUT2D eigenvalue weighted by Gasteiger charge is -2.11. The van der Waals surface area contributed by atoms with Gasteiger partial charge in [-0.3, -0.25) is 20.2 Å². The second-order valence-corrected chi connectivity index (χ2v) is 7.97. The summed E-state index contributed by atoms with van der Waals surface area (Å²) in [6.07, 6.45) is 2.70. The van der Waals surface area contributed by atoms with E-state index in [9.17, 15) is 20.2 Å². The zero-order valence-corrected chi connectivity index (χ0v) is 19.3. The Morgan fingerprint density at radius 1 is 1.24 bits per heavy atom. The van der Waals surface area contributed by atoms with Gasteiger partial charge in [0, 0.05) is 18.6 Å². The number of hydrogen-bond acceptors (Lipinski definition) is 9. The standard InChI is InChI=1S/C23H21N5O5S/c1-3-21-26-27-23(34-21)25-22(29)17(14-24)12-16-6-9-19(20(13-16)32-2)33-11-10-15-4-7-18(8-5-15)28(30)31/h4-9,12-13H,3,10-11H2,1-2H3,(H,25,27,29). The van der Waals surface area contributed by atoms with Crippen molar-refractivity contribution in [2.45, 2.75) is 19.8 Å². The maximum atomic E-state index is 12.4. The summed E-state index contributed by atoms with van der Waals surface area (Å²) in [5.74, 6) is 0.348.